The molecule has 27 heavy (non-hydrogen) atoms. The molecule has 146 valence electrons. The van der Waals surface area contributed by atoms with E-state index >= 15 is 0 Å². The summed E-state index contributed by atoms with van der Waals surface area (Å²) in [7, 11) is 0. The van der Waals surface area contributed by atoms with E-state index < -0.39 is 0 Å². The quantitative estimate of drug-likeness (QED) is 0.840. The summed E-state index contributed by atoms with van der Waals surface area (Å²) in [6.45, 7) is 6.58. The third-order valence-electron chi connectivity index (χ3n) is 6.30. The Balaban J connectivity index is 1.41. The number of rotatable bonds is 5. The van der Waals surface area contributed by atoms with Crippen LogP contribution in [0.25, 0.3) is 11.3 Å². The second kappa shape index (κ2) is 7.20. The molecule has 1 saturated carbocycles. The maximum atomic E-state index is 5.58. The van der Waals surface area contributed by atoms with Crippen molar-refractivity contribution < 1.29 is 9.37 Å². The Bertz CT molecular complexity index is 777. The lowest BCUT2D eigenvalue weighted by molar-refractivity contribution is -0.0160. The molecule has 5 rings (SSSR count). The highest BCUT2D eigenvalue weighted by Crippen LogP contribution is 2.37. The van der Waals surface area contributed by atoms with Gasteiger partial charge < -0.3 is 15.0 Å². The van der Waals surface area contributed by atoms with Crippen LogP contribution < -0.4 is 10.2 Å². The van der Waals surface area contributed by atoms with Gasteiger partial charge in [0.2, 0.25) is 11.3 Å². The van der Waals surface area contributed by atoms with Crippen LogP contribution in [-0.2, 0) is 4.74 Å². The summed E-state index contributed by atoms with van der Waals surface area (Å²) in [5, 5.41) is 11.4. The summed E-state index contributed by atoms with van der Waals surface area (Å²) >= 11 is 0. The second-order valence-corrected chi connectivity index (χ2v) is 7.89. The molecule has 0 aromatic carbocycles. The van der Waals surface area contributed by atoms with E-state index in [4.69, 9.17) is 19.3 Å². The Labute approximate surface area is 158 Å². The van der Waals surface area contributed by atoms with Gasteiger partial charge >= 0.3 is 0 Å². The van der Waals surface area contributed by atoms with E-state index in [9.17, 15) is 0 Å². The number of hydrogen-bond acceptors (Lipinski definition) is 9. The Hall–Kier alpha value is -2.00. The first kappa shape index (κ1) is 17.1. The average Bonchev–Trinajstić information content (AvgIpc) is 3.48. The molecule has 1 N–H and O–H groups in total. The van der Waals surface area contributed by atoms with E-state index in [1.807, 2.05) is 0 Å². The number of nitrogens with one attached hydrogen (secondary N) is 1. The molecule has 0 unspecified atom stereocenters. The van der Waals surface area contributed by atoms with Crippen LogP contribution in [0.15, 0.2) is 4.63 Å². The third kappa shape index (κ3) is 3.23. The molecule has 0 atom stereocenters. The van der Waals surface area contributed by atoms with Crippen LogP contribution in [0.4, 0.5) is 11.6 Å². The maximum absolute atomic E-state index is 5.58. The Kier molecular flexibility index (Phi) is 4.56. The zero-order chi connectivity index (χ0) is 18.1. The van der Waals surface area contributed by atoms with Gasteiger partial charge in [-0.05, 0) is 36.0 Å². The standard InChI is InChI=1S/C18H27N7O2/c1-2-6-18(5-1,25-9-11-26-12-10-25)13-19-16-17(24-7-3-4-8-24)21-15-14(20-16)22-27-23-15/h1-13H2,(H,19,20,22). The largest absolute Gasteiger partial charge is 0.379 e. The molecule has 2 aromatic heterocycles. The zero-order valence-electron chi connectivity index (χ0n) is 15.7. The first-order chi connectivity index (χ1) is 13.3. The van der Waals surface area contributed by atoms with Crippen LogP contribution in [0, 0.1) is 0 Å². The Morgan fingerprint density at radius 2 is 1.59 bits per heavy atom. The number of hydrogen-bond donors (Lipinski definition) is 1. The van der Waals surface area contributed by atoms with Crippen molar-refractivity contribution in [2.24, 2.45) is 0 Å². The average molecular weight is 373 g/mol. The monoisotopic (exact) mass is 373 g/mol. The lowest BCUT2D eigenvalue weighted by Crippen LogP contribution is -2.55. The fraction of sp³-hybridized carbons (Fsp3) is 0.778. The van der Waals surface area contributed by atoms with Gasteiger partial charge in [-0.3, -0.25) is 4.90 Å². The number of fused-ring (bicyclic) bond motifs is 1. The van der Waals surface area contributed by atoms with Crippen molar-refractivity contribution in [2.45, 2.75) is 44.1 Å². The molecule has 1 aliphatic carbocycles. The molecular weight excluding hydrogens is 346 g/mol. The Morgan fingerprint density at radius 1 is 0.889 bits per heavy atom. The van der Waals surface area contributed by atoms with Crippen LogP contribution in [0.3, 0.4) is 0 Å². The number of nitrogens with zero attached hydrogens (tertiary/aromatic N) is 6. The predicted molar refractivity (Wildman–Crippen MR) is 101 cm³/mol. The molecule has 3 fully saturated rings. The highest BCUT2D eigenvalue weighted by atomic mass is 16.6. The van der Waals surface area contributed by atoms with Crippen molar-refractivity contribution in [1.29, 1.82) is 0 Å². The lowest BCUT2D eigenvalue weighted by atomic mass is 9.94. The minimum Gasteiger partial charge on any atom is -0.379 e. The van der Waals surface area contributed by atoms with E-state index in [0.717, 1.165) is 57.6 Å². The predicted octanol–water partition coefficient (Wildman–Crippen LogP) is 1.67. The molecule has 4 heterocycles. The molecule has 2 aliphatic heterocycles. The zero-order valence-corrected chi connectivity index (χ0v) is 15.7. The number of anilines is 2. The molecule has 3 aliphatic rings. The summed E-state index contributed by atoms with van der Waals surface area (Å²) in [5.41, 5.74) is 1.13. The van der Waals surface area contributed by atoms with Crippen LogP contribution in [0.5, 0.6) is 0 Å². The summed E-state index contributed by atoms with van der Waals surface area (Å²) < 4.78 is 10.4. The number of morpholine rings is 1. The van der Waals surface area contributed by atoms with Gasteiger partial charge in [-0.25, -0.2) is 14.6 Å². The maximum Gasteiger partial charge on any atom is 0.245 e. The van der Waals surface area contributed by atoms with Crippen molar-refractivity contribution in [2.75, 3.05) is 56.2 Å². The molecule has 2 saturated heterocycles. The normalized spacial score (nSPS) is 23.3. The van der Waals surface area contributed by atoms with E-state index in [1.165, 1.54) is 38.5 Å². The van der Waals surface area contributed by atoms with Gasteiger partial charge in [0.05, 0.1) is 13.2 Å². The van der Waals surface area contributed by atoms with Crippen LogP contribution in [0.2, 0.25) is 0 Å². The third-order valence-corrected chi connectivity index (χ3v) is 6.30. The SMILES string of the molecule is C1CCN(c2nc3nonc3nc2NCC2(N3CCOCC3)CCCC2)C1. The van der Waals surface area contributed by atoms with Crippen molar-refractivity contribution in [3.63, 3.8) is 0 Å². The summed E-state index contributed by atoms with van der Waals surface area (Å²) in [6.07, 6.45) is 7.40. The fourth-order valence-electron chi connectivity index (χ4n) is 4.82. The molecule has 0 spiro atoms. The van der Waals surface area contributed by atoms with E-state index in [2.05, 4.69) is 25.4 Å². The molecule has 9 heteroatoms. The van der Waals surface area contributed by atoms with Gasteiger partial charge in [-0.2, -0.15) is 0 Å². The van der Waals surface area contributed by atoms with Crippen molar-refractivity contribution in [3.8, 4) is 0 Å². The first-order valence-electron chi connectivity index (χ1n) is 10.2. The van der Waals surface area contributed by atoms with E-state index in [1.54, 1.807) is 0 Å². The van der Waals surface area contributed by atoms with E-state index in [-0.39, 0.29) is 5.54 Å². The second-order valence-electron chi connectivity index (χ2n) is 7.89. The van der Waals surface area contributed by atoms with Crippen LogP contribution in [0.1, 0.15) is 38.5 Å². The highest BCUT2D eigenvalue weighted by molar-refractivity contribution is 5.74. The van der Waals surface area contributed by atoms with E-state index in [0.29, 0.717) is 11.3 Å². The fourth-order valence-corrected chi connectivity index (χ4v) is 4.82. The lowest BCUT2D eigenvalue weighted by Gasteiger charge is -2.43. The van der Waals surface area contributed by atoms with Crippen LogP contribution in [-0.4, -0.2) is 76.7 Å². The number of aromatic nitrogens is 4. The molecular formula is C18H27N7O2. The minimum atomic E-state index is 0.185. The van der Waals surface area contributed by atoms with Gasteiger partial charge in [0.1, 0.15) is 0 Å². The highest BCUT2D eigenvalue weighted by Gasteiger charge is 2.40. The van der Waals surface area contributed by atoms with Crippen LogP contribution >= 0.6 is 0 Å². The van der Waals surface area contributed by atoms with Gasteiger partial charge in [0.15, 0.2) is 11.6 Å². The van der Waals surface area contributed by atoms with Crippen molar-refractivity contribution >= 4 is 22.9 Å². The summed E-state index contributed by atoms with van der Waals surface area (Å²) in [6, 6.07) is 0. The first-order valence-corrected chi connectivity index (χ1v) is 10.2. The molecule has 0 amide bonds. The van der Waals surface area contributed by atoms with Crippen molar-refractivity contribution in [1.82, 2.24) is 25.2 Å². The topological polar surface area (TPSA) is 92.4 Å². The molecule has 0 radical (unpaired) electrons. The van der Waals surface area contributed by atoms with Gasteiger partial charge in [-0.1, -0.05) is 12.8 Å². The summed E-state index contributed by atoms with van der Waals surface area (Å²) in [5.74, 6) is 1.69. The Morgan fingerprint density at radius 3 is 2.33 bits per heavy atom. The summed E-state index contributed by atoms with van der Waals surface area (Å²) in [4.78, 5) is 14.3. The van der Waals surface area contributed by atoms with Gasteiger partial charge in [0, 0.05) is 38.3 Å². The van der Waals surface area contributed by atoms with Gasteiger partial charge in [0.25, 0.3) is 0 Å². The molecule has 2 aromatic rings. The smallest absolute Gasteiger partial charge is 0.245 e. The molecule has 9 nitrogen and oxygen atoms in total. The van der Waals surface area contributed by atoms with Gasteiger partial charge in [-0.15, -0.1) is 0 Å². The minimum absolute atomic E-state index is 0.185. The number of ether oxygens (including phenoxy) is 1. The van der Waals surface area contributed by atoms with Crippen molar-refractivity contribution in [3.05, 3.63) is 0 Å². The molecule has 0 bridgehead atoms.